The molecule has 0 radical (unpaired) electrons. The molecule has 4 rings (SSSR count). The van der Waals surface area contributed by atoms with Crippen LogP contribution in [0.5, 0.6) is 0 Å². The predicted octanol–water partition coefficient (Wildman–Crippen LogP) is 3.62. The summed E-state index contributed by atoms with van der Waals surface area (Å²) in [5, 5.41) is 30.9. The Kier molecular flexibility index (Phi) is 9.87. The second-order valence-electron chi connectivity index (χ2n) is 10.2. The summed E-state index contributed by atoms with van der Waals surface area (Å²) in [6.45, 7) is 3.81. The van der Waals surface area contributed by atoms with E-state index in [4.69, 9.17) is 14.6 Å². The van der Waals surface area contributed by atoms with Crippen LogP contribution >= 0.6 is 0 Å². The summed E-state index contributed by atoms with van der Waals surface area (Å²) < 4.78 is 13.0. The van der Waals surface area contributed by atoms with E-state index in [1.54, 1.807) is 6.07 Å². The average Bonchev–Trinajstić information content (AvgIpc) is 3.37. The van der Waals surface area contributed by atoms with Crippen LogP contribution in [0, 0.1) is 5.92 Å². The Balaban J connectivity index is 1.53. The lowest BCUT2D eigenvalue weighted by Gasteiger charge is -2.43. The van der Waals surface area contributed by atoms with E-state index in [0.717, 1.165) is 36.1 Å². The fourth-order valence-electron chi connectivity index (χ4n) is 5.29. The van der Waals surface area contributed by atoms with Gasteiger partial charge in [0.05, 0.1) is 25.4 Å². The molecule has 0 bridgehead atoms. The van der Waals surface area contributed by atoms with Crippen LogP contribution in [0.2, 0.25) is 0 Å². The van der Waals surface area contributed by atoms with Crippen molar-refractivity contribution in [3.8, 4) is 0 Å². The fraction of sp³-hybridized carbons (Fsp3) is 0.517. The van der Waals surface area contributed by atoms with Crippen LogP contribution in [0.1, 0.15) is 68.1 Å². The third-order valence-corrected chi connectivity index (χ3v) is 7.48. The number of aliphatic hydroxyl groups is 2. The zero-order valence-electron chi connectivity index (χ0n) is 21.8. The van der Waals surface area contributed by atoms with Gasteiger partial charge in [0, 0.05) is 42.6 Å². The number of hydrogen-bond donors (Lipinski definition) is 4. The standard InChI is InChI=1S/C29H38N2O7/c1-19-25(16-31-14-4-7-24(31)18-33)37-29(38-28(19)21-12-10-20(17-32)11-13-21)22-5-2-6-23(15-22)30-26(34)8-3-9-27(35)36/h2,5-6,10-13,15,19,24-25,28-29,32-33H,3-4,7-9,14,16-18H2,1H3,(H,30,34)(H,35,36)/t19-,24-,25+,28+,29+/m0/s1. The molecular formula is C29H38N2O7. The number of nitrogens with one attached hydrogen (secondary N) is 1. The van der Waals surface area contributed by atoms with E-state index in [9.17, 15) is 19.8 Å². The number of aliphatic hydroxyl groups excluding tert-OH is 2. The Bertz CT molecular complexity index is 1080. The number of ether oxygens (including phenoxy) is 2. The van der Waals surface area contributed by atoms with Crippen LogP contribution in [0.15, 0.2) is 48.5 Å². The second kappa shape index (κ2) is 13.3. The fourth-order valence-corrected chi connectivity index (χ4v) is 5.29. The minimum Gasteiger partial charge on any atom is -0.481 e. The highest BCUT2D eigenvalue weighted by Gasteiger charge is 2.40. The highest BCUT2D eigenvalue weighted by Crippen LogP contribution is 2.42. The van der Waals surface area contributed by atoms with Gasteiger partial charge in [-0.2, -0.15) is 0 Å². The van der Waals surface area contributed by atoms with Gasteiger partial charge in [-0.25, -0.2) is 0 Å². The molecular weight excluding hydrogens is 488 g/mol. The first-order valence-electron chi connectivity index (χ1n) is 13.3. The van der Waals surface area contributed by atoms with Crippen LogP contribution in [0.25, 0.3) is 0 Å². The summed E-state index contributed by atoms with van der Waals surface area (Å²) in [7, 11) is 0. The molecule has 0 unspecified atom stereocenters. The number of amides is 1. The van der Waals surface area contributed by atoms with Crippen LogP contribution in [0.4, 0.5) is 5.69 Å². The summed E-state index contributed by atoms with van der Waals surface area (Å²) in [6, 6.07) is 15.2. The number of carboxylic acid groups (broad SMARTS) is 1. The van der Waals surface area contributed by atoms with Crippen molar-refractivity contribution in [3.05, 3.63) is 65.2 Å². The molecule has 2 heterocycles. The molecule has 2 aromatic rings. The predicted molar refractivity (Wildman–Crippen MR) is 141 cm³/mol. The first kappa shape index (κ1) is 28.2. The van der Waals surface area contributed by atoms with Crippen LogP contribution in [-0.4, -0.2) is 63.9 Å². The summed E-state index contributed by atoms with van der Waals surface area (Å²) >= 11 is 0. The number of carboxylic acids is 1. The van der Waals surface area contributed by atoms with Crippen molar-refractivity contribution in [2.75, 3.05) is 25.0 Å². The number of carbonyl (C=O) groups excluding carboxylic acids is 1. The molecule has 1 amide bonds. The highest BCUT2D eigenvalue weighted by molar-refractivity contribution is 5.90. The maximum Gasteiger partial charge on any atom is 0.303 e. The molecule has 2 fully saturated rings. The third-order valence-electron chi connectivity index (χ3n) is 7.48. The number of rotatable bonds is 11. The second-order valence-corrected chi connectivity index (χ2v) is 10.2. The largest absolute Gasteiger partial charge is 0.481 e. The van der Waals surface area contributed by atoms with Gasteiger partial charge < -0.3 is 30.1 Å². The zero-order chi connectivity index (χ0) is 27.1. The summed E-state index contributed by atoms with van der Waals surface area (Å²) in [5.41, 5.74) is 3.18. The minimum absolute atomic E-state index is 0.0257. The highest BCUT2D eigenvalue weighted by atomic mass is 16.7. The molecule has 2 aromatic carbocycles. The molecule has 4 N–H and O–H groups in total. The lowest BCUT2D eigenvalue weighted by molar-refractivity contribution is -0.276. The lowest BCUT2D eigenvalue weighted by atomic mass is 9.90. The smallest absolute Gasteiger partial charge is 0.303 e. The molecule has 38 heavy (non-hydrogen) atoms. The normalized spacial score (nSPS) is 25.8. The van der Waals surface area contributed by atoms with Crippen molar-refractivity contribution in [2.24, 2.45) is 5.92 Å². The summed E-state index contributed by atoms with van der Waals surface area (Å²) in [5.74, 6) is -1.13. The van der Waals surface area contributed by atoms with Gasteiger partial charge in [-0.3, -0.25) is 14.5 Å². The van der Waals surface area contributed by atoms with E-state index in [1.807, 2.05) is 42.5 Å². The first-order chi connectivity index (χ1) is 18.4. The Morgan fingerprint density at radius 2 is 1.84 bits per heavy atom. The van der Waals surface area contributed by atoms with E-state index in [1.165, 1.54) is 0 Å². The van der Waals surface area contributed by atoms with Gasteiger partial charge in [-0.15, -0.1) is 0 Å². The maximum absolute atomic E-state index is 12.3. The van der Waals surface area contributed by atoms with Crippen molar-refractivity contribution in [1.29, 1.82) is 0 Å². The topological polar surface area (TPSA) is 129 Å². The summed E-state index contributed by atoms with van der Waals surface area (Å²) in [6.07, 6.45) is 1.29. The number of likely N-dealkylation sites (tertiary alicyclic amines) is 1. The summed E-state index contributed by atoms with van der Waals surface area (Å²) in [4.78, 5) is 25.3. The third kappa shape index (κ3) is 7.18. The van der Waals surface area contributed by atoms with Crippen LogP contribution in [-0.2, 0) is 25.7 Å². The van der Waals surface area contributed by atoms with Gasteiger partial charge >= 0.3 is 5.97 Å². The number of aliphatic carboxylic acids is 1. The van der Waals surface area contributed by atoms with Gasteiger partial charge in [-0.05, 0) is 49.1 Å². The van der Waals surface area contributed by atoms with Crippen molar-refractivity contribution in [2.45, 2.75) is 70.2 Å². The van der Waals surface area contributed by atoms with Gasteiger partial charge in [-0.1, -0.05) is 43.3 Å². The number of carbonyl (C=O) groups is 2. The Morgan fingerprint density at radius 3 is 2.55 bits per heavy atom. The molecule has 5 atom stereocenters. The monoisotopic (exact) mass is 526 g/mol. The first-order valence-corrected chi connectivity index (χ1v) is 13.3. The molecule has 0 aromatic heterocycles. The van der Waals surface area contributed by atoms with Crippen molar-refractivity contribution >= 4 is 17.6 Å². The van der Waals surface area contributed by atoms with Crippen LogP contribution < -0.4 is 5.32 Å². The number of anilines is 1. The molecule has 0 spiro atoms. The van der Waals surface area contributed by atoms with E-state index >= 15 is 0 Å². The van der Waals surface area contributed by atoms with Crippen molar-refractivity contribution in [1.82, 2.24) is 4.90 Å². The molecule has 2 saturated heterocycles. The molecule has 206 valence electrons. The molecule has 9 nitrogen and oxygen atoms in total. The van der Waals surface area contributed by atoms with E-state index in [0.29, 0.717) is 12.2 Å². The van der Waals surface area contributed by atoms with Gasteiger partial charge in [0.15, 0.2) is 6.29 Å². The Labute approximate surface area is 223 Å². The average molecular weight is 527 g/mol. The van der Waals surface area contributed by atoms with E-state index in [2.05, 4.69) is 17.1 Å². The quantitative estimate of drug-likeness (QED) is 0.350. The van der Waals surface area contributed by atoms with Crippen molar-refractivity contribution < 1.29 is 34.4 Å². The molecule has 2 aliphatic rings. The van der Waals surface area contributed by atoms with E-state index < -0.39 is 12.3 Å². The zero-order valence-corrected chi connectivity index (χ0v) is 21.8. The Hall–Kier alpha value is -2.82. The maximum atomic E-state index is 12.3. The number of benzene rings is 2. The van der Waals surface area contributed by atoms with Gasteiger partial charge in [0.2, 0.25) is 5.91 Å². The van der Waals surface area contributed by atoms with Crippen LogP contribution in [0.3, 0.4) is 0 Å². The number of hydrogen-bond acceptors (Lipinski definition) is 7. The van der Waals surface area contributed by atoms with E-state index in [-0.39, 0.29) is 62.6 Å². The Morgan fingerprint density at radius 1 is 1.05 bits per heavy atom. The molecule has 2 aliphatic heterocycles. The SMILES string of the molecule is C[C@H]1[C@@H](CN2CCC[C@H]2CO)O[C@@H](c2cccc(NC(=O)CCCC(=O)O)c2)O[C@H]1c1ccc(CO)cc1. The van der Waals surface area contributed by atoms with Crippen molar-refractivity contribution in [3.63, 3.8) is 0 Å². The number of nitrogens with zero attached hydrogens (tertiary/aromatic N) is 1. The lowest BCUT2D eigenvalue weighted by Crippen LogP contribution is -2.46. The molecule has 0 aliphatic carbocycles. The minimum atomic E-state index is -0.921. The molecule has 0 saturated carbocycles. The van der Waals surface area contributed by atoms with Gasteiger partial charge in [0.1, 0.15) is 0 Å². The van der Waals surface area contributed by atoms with Gasteiger partial charge in [0.25, 0.3) is 0 Å². The molecule has 9 heteroatoms.